The zero-order valence-corrected chi connectivity index (χ0v) is 12.4. The number of nitrogens with zero attached hydrogens (tertiary/aromatic N) is 4. The summed E-state index contributed by atoms with van der Waals surface area (Å²) in [4.78, 5) is 35.4. The maximum Gasteiger partial charge on any atom is 0.288 e. The summed E-state index contributed by atoms with van der Waals surface area (Å²) in [5, 5.41) is 10.6. The number of rotatable bonds is 6. The van der Waals surface area contributed by atoms with Crippen molar-refractivity contribution in [1.29, 1.82) is 0 Å². The average Bonchev–Trinajstić information content (AvgIpc) is 2.96. The smallest absolute Gasteiger partial charge is 0.288 e. The molecule has 1 fully saturated rings. The van der Waals surface area contributed by atoms with Crippen LogP contribution in [0, 0.1) is 0 Å². The monoisotopic (exact) mass is 315 g/mol. The second-order valence-electron chi connectivity index (χ2n) is 3.96. The van der Waals surface area contributed by atoms with Crippen molar-refractivity contribution >= 4 is 40.6 Å². The molecule has 20 heavy (non-hydrogen) atoms. The highest BCUT2D eigenvalue weighted by atomic mass is 32.2. The zero-order valence-electron chi connectivity index (χ0n) is 10.7. The van der Waals surface area contributed by atoms with Crippen molar-refractivity contribution in [3.8, 4) is 0 Å². The Morgan fingerprint density at radius 1 is 1.55 bits per heavy atom. The molecule has 0 bridgehead atoms. The lowest BCUT2D eigenvalue weighted by atomic mass is 10.5. The number of amides is 3. The van der Waals surface area contributed by atoms with Gasteiger partial charge in [0.25, 0.3) is 5.24 Å². The maximum absolute atomic E-state index is 11.6. The van der Waals surface area contributed by atoms with Gasteiger partial charge in [0.15, 0.2) is 5.16 Å². The summed E-state index contributed by atoms with van der Waals surface area (Å²) >= 11 is 2.26. The van der Waals surface area contributed by atoms with Crippen LogP contribution in [-0.4, -0.2) is 61.3 Å². The molecule has 1 aromatic heterocycles. The maximum atomic E-state index is 11.6. The van der Waals surface area contributed by atoms with E-state index >= 15 is 0 Å². The lowest BCUT2D eigenvalue weighted by Gasteiger charge is -2.12. The fourth-order valence-corrected chi connectivity index (χ4v) is 2.96. The molecule has 1 aromatic rings. The minimum atomic E-state index is -0.252. The van der Waals surface area contributed by atoms with Gasteiger partial charge in [-0.2, -0.15) is 0 Å². The van der Waals surface area contributed by atoms with Crippen molar-refractivity contribution < 1.29 is 14.4 Å². The molecule has 1 aliphatic heterocycles. The topological polar surface area (TPSA) is 97.2 Å². The van der Waals surface area contributed by atoms with E-state index < -0.39 is 0 Å². The van der Waals surface area contributed by atoms with Crippen molar-refractivity contribution in [2.75, 3.05) is 24.6 Å². The van der Waals surface area contributed by atoms with Crippen LogP contribution in [0.15, 0.2) is 11.5 Å². The molecule has 0 atom stereocenters. The van der Waals surface area contributed by atoms with Gasteiger partial charge in [-0.25, -0.2) is 0 Å². The van der Waals surface area contributed by atoms with E-state index in [-0.39, 0.29) is 41.6 Å². The van der Waals surface area contributed by atoms with Crippen molar-refractivity contribution in [2.45, 2.75) is 5.16 Å². The third-order valence-corrected chi connectivity index (χ3v) is 4.39. The molecule has 3 amide bonds. The lowest BCUT2D eigenvalue weighted by Crippen LogP contribution is -2.38. The summed E-state index contributed by atoms with van der Waals surface area (Å²) in [7, 11) is 1.79. The summed E-state index contributed by atoms with van der Waals surface area (Å²) in [5.41, 5.74) is 0. The summed E-state index contributed by atoms with van der Waals surface area (Å²) in [6.07, 6.45) is 1.56. The number of aryl methyl sites for hydroxylation is 1. The van der Waals surface area contributed by atoms with Gasteiger partial charge in [-0.05, 0) is 0 Å². The highest BCUT2D eigenvalue weighted by molar-refractivity contribution is 8.14. The Hall–Kier alpha value is -1.55. The van der Waals surface area contributed by atoms with Crippen LogP contribution < -0.4 is 5.32 Å². The first kappa shape index (κ1) is 14.9. The van der Waals surface area contributed by atoms with E-state index in [0.717, 1.165) is 16.7 Å². The SMILES string of the molecule is Cn1cnnc1SCC(=O)NCCN1C(=O)CSC1=O. The van der Waals surface area contributed by atoms with Crippen molar-refractivity contribution in [2.24, 2.45) is 7.05 Å². The van der Waals surface area contributed by atoms with Gasteiger partial charge in [0.1, 0.15) is 6.33 Å². The Bertz CT molecular complexity index is 517. The Balaban J connectivity index is 1.67. The van der Waals surface area contributed by atoms with Gasteiger partial charge in [0.2, 0.25) is 11.8 Å². The molecule has 0 radical (unpaired) electrons. The van der Waals surface area contributed by atoms with Crippen LogP contribution in [-0.2, 0) is 16.6 Å². The molecule has 0 aromatic carbocycles. The van der Waals surface area contributed by atoms with Gasteiger partial charge in [0, 0.05) is 20.1 Å². The zero-order chi connectivity index (χ0) is 14.5. The third kappa shape index (κ3) is 3.73. The molecule has 8 nitrogen and oxygen atoms in total. The predicted octanol–water partition coefficient (Wildman–Crippen LogP) is -0.281. The number of carbonyl (C=O) groups is 3. The number of aromatic nitrogens is 3. The number of nitrogens with one attached hydrogen (secondary N) is 1. The molecule has 1 N–H and O–H groups in total. The van der Waals surface area contributed by atoms with E-state index in [4.69, 9.17) is 0 Å². The molecule has 0 spiro atoms. The molecule has 0 unspecified atom stereocenters. The normalized spacial score (nSPS) is 14.9. The van der Waals surface area contributed by atoms with E-state index in [0.29, 0.717) is 5.16 Å². The van der Waals surface area contributed by atoms with Crippen LogP contribution in [0.25, 0.3) is 0 Å². The van der Waals surface area contributed by atoms with Crippen LogP contribution >= 0.6 is 23.5 Å². The van der Waals surface area contributed by atoms with Gasteiger partial charge in [-0.3, -0.25) is 19.3 Å². The van der Waals surface area contributed by atoms with E-state index in [2.05, 4.69) is 15.5 Å². The molecule has 108 valence electrons. The highest BCUT2D eigenvalue weighted by Gasteiger charge is 2.29. The van der Waals surface area contributed by atoms with Gasteiger partial charge in [-0.1, -0.05) is 23.5 Å². The summed E-state index contributed by atoms with van der Waals surface area (Å²) in [6.45, 7) is 0.473. The molecule has 2 heterocycles. The lowest BCUT2D eigenvalue weighted by molar-refractivity contribution is -0.125. The van der Waals surface area contributed by atoms with E-state index in [1.165, 1.54) is 11.8 Å². The summed E-state index contributed by atoms with van der Waals surface area (Å²) < 4.78 is 1.72. The number of carbonyl (C=O) groups excluding carboxylic acids is 3. The van der Waals surface area contributed by atoms with Crippen LogP contribution in [0.3, 0.4) is 0 Å². The quantitative estimate of drug-likeness (QED) is 0.721. The fraction of sp³-hybridized carbons (Fsp3) is 0.500. The van der Waals surface area contributed by atoms with Gasteiger partial charge in [-0.15, -0.1) is 10.2 Å². The van der Waals surface area contributed by atoms with Crippen LogP contribution in [0.2, 0.25) is 0 Å². The van der Waals surface area contributed by atoms with Crippen LogP contribution in [0.4, 0.5) is 4.79 Å². The predicted molar refractivity (Wildman–Crippen MR) is 74.3 cm³/mol. The van der Waals surface area contributed by atoms with Gasteiger partial charge in [0.05, 0.1) is 11.5 Å². The number of thioether (sulfide) groups is 2. The molecular weight excluding hydrogens is 302 g/mol. The highest BCUT2D eigenvalue weighted by Crippen LogP contribution is 2.17. The molecule has 1 saturated heterocycles. The first-order valence-corrected chi connectivity index (χ1v) is 7.75. The minimum absolute atomic E-state index is 0.176. The largest absolute Gasteiger partial charge is 0.354 e. The Kier molecular flexibility index (Phi) is 5.01. The summed E-state index contributed by atoms with van der Waals surface area (Å²) in [6, 6.07) is 0. The van der Waals surface area contributed by atoms with Gasteiger partial charge < -0.3 is 9.88 Å². The van der Waals surface area contributed by atoms with Gasteiger partial charge >= 0.3 is 0 Å². The Morgan fingerprint density at radius 2 is 2.35 bits per heavy atom. The van der Waals surface area contributed by atoms with Crippen molar-refractivity contribution in [1.82, 2.24) is 25.0 Å². The fourth-order valence-electron chi connectivity index (χ4n) is 1.49. The molecule has 0 saturated carbocycles. The second kappa shape index (κ2) is 6.75. The third-order valence-electron chi connectivity index (χ3n) is 2.50. The molecule has 0 aliphatic carbocycles. The van der Waals surface area contributed by atoms with E-state index in [9.17, 15) is 14.4 Å². The number of hydrogen-bond acceptors (Lipinski definition) is 7. The Labute approximate surface area is 123 Å². The first-order valence-electron chi connectivity index (χ1n) is 5.78. The van der Waals surface area contributed by atoms with E-state index in [1.54, 1.807) is 17.9 Å². The number of imide groups is 1. The first-order chi connectivity index (χ1) is 9.58. The average molecular weight is 315 g/mol. The molecule has 2 rings (SSSR count). The van der Waals surface area contributed by atoms with Crippen LogP contribution in [0.5, 0.6) is 0 Å². The van der Waals surface area contributed by atoms with Crippen molar-refractivity contribution in [3.63, 3.8) is 0 Å². The molecule has 1 aliphatic rings. The Morgan fingerprint density at radius 3 is 2.95 bits per heavy atom. The standard InChI is InChI=1S/C10H13N5O3S2/c1-14-6-12-13-9(14)19-4-7(16)11-2-3-15-8(17)5-20-10(15)18/h6H,2-5H2,1H3,(H,11,16). The minimum Gasteiger partial charge on any atom is -0.354 e. The second-order valence-corrected chi connectivity index (χ2v) is 5.83. The van der Waals surface area contributed by atoms with Crippen LogP contribution in [0.1, 0.15) is 0 Å². The summed E-state index contributed by atoms with van der Waals surface area (Å²) in [5.74, 6) is 0.0188. The molecule has 10 heteroatoms. The van der Waals surface area contributed by atoms with E-state index in [1.807, 2.05) is 0 Å². The molecular formula is C10H13N5O3S2. The van der Waals surface area contributed by atoms with Crippen molar-refractivity contribution in [3.05, 3.63) is 6.33 Å². The number of hydrogen-bond donors (Lipinski definition) is 1.